The molecular formula is C3H8O2S2. The lowest BCUT2D eigenvalue weighted by molar-refractivity contribution is -0.0433. The number of aliphatic hydroxyl groups excluding tert-OH is 1. The van der Waals surface area contributed by atoms with Crippen LogP contribution in [0.1, 0.15) is 6.92 Å². The molecule has 0 fully saturated rings. The van der Waals surface area contributed by atoms with Gasteiger partial charge in [0.15, 0.2) is 6.29 Å². The molecule has 7 heavy (non-hydrogen) atoms. The second-order valence-corrected chi connectivity index (χ2v) is 3.68. The summed E-state index contributed by atoms with van der Waals surface area (Å²) < 4.78 is -1.00. The van der Waals surface area contributed by atoms with Gasteiger partial charge in [-0.3, -0.25) is 0 Å². The first-order chi connectivity index (χ1) is 2.94. The molecule has 0 aliphatic carbocycles. The van der Waals surface area contributed by atoms with Crippen LogP contribution in [0, 0.1) is 0 Å². The van der Waals surface area contributed by atoms with E-state index in [1.54, 1.807) is 0 Å². The Morgan fingerprint density at radius 1 is 1.43 bits per heavy atom. The van der Waals surface area contributed by atoms with Gasteiger partial charge in [-0.1, -0.05) is 0 Å². The summed E-state index contributed by atoms with van der Waals surface area (Å²) >= 11 is 7.43. The minimum atomic E-state index is -1.47. The van der Waals surface area contributed by atoms with Crippen LogP contribution < -0.4 is 0 Å². The maximum absolute atomic E-state index is 8.29. The fourth-order valence-corrected chi connectivity index (χ4v) is 0. The zero-order valence-corrected chi connectivity index (χ0v) is 5.66. The highest BCUT2D eigenvalue weighted by atomic mass is 32.2. The zero-order valence-electron chi connectivity index (χ0n) is 3.87. The lowest BCUT2D eigenvalue weighted by Crippen LogP contribution is -2.26. The highest BCUT2D eigenvalue weighted by molar-refractivity contribution is 8.00. The summed E-state index contributed by atoms with van der Waals surface area (Å²) in [4.78, 5) is 0. The van der Waals surface area contributed by atoms with Gasteiger partial charge in [-0.25, -0.2) is 0 Å². The van der Waals surface area contributed by atoms with Crippen molar-refractivity contribution in [1.29, 1.82) is 0 Å². The van der Waals surface area contributed by atoms with Crippen molar-refractivity contribution in [3.05, 3.63) is 0 Å². The molecule has 0 aromatic heterocycles. The second-order valence-electron chi connectivity index (χ2n) is 1.47. The van der Waals surface area contributed by atoms with Crippen molar-refractivity contribution in [2.75, 3.05) is 0 Å². The van der Waals surface area contributed by atoms with E-state index in [1.165, 1.54) is 6.92 Å². The van der Waals surface area contributed by atoms with Crippen LogP contribution in [0.4, 0.5) is 0 Å². The molecule has 2 N–H and O–H groups in total. The average Bonchev–Trinajstić information content (AvgIpc) is 1.31. The topological polar surface area (TPSA) is 40.5 Å². The van der Waals surface area contributed by atoms with Crippen molar-refractivity contribution in [2.24, 2.45) is 0 Å². The molecule has 0 unspecified atom stereocenters. The maximum atomic E-state index is 8.29. The van der Waals surface area contributed by atoms with E-state index in [2.05, 4.69) is 25.3 Å². The monoisotopic (exact) mass is 140 g/mol. The van der Waals surface area contributed by atoms with Gasteiger partial charge in [0.2, 0.25) is 0 Å². The fraction of sp³-hybridized carbons (Fsp3) is 1.00. The standard InChI is InChI=1S/C3H8O2S2/c1-3(6,7)2(4)5/h2,4-7H,1H3. The molecule has 0 aliphatic heterocycles. The summed E-state index contributed by atoms with van der Waals surface area (Å²) in [7, 11) is 0. The van der Waals surface area contributed by atoms with Crippen LogP contribution in [0.25, 0.3) is 0 Å². The summed E-state index contributed by atoms with van der Waals surface area (Å²) in [6, 6.07) is 0. The van der Waals surface area contributed by atoms with Crippen LogP contribution >= 0.6 is 25.3 Å². The van der Waals surface area contributed by atoms with E-state index in [0.717, 1.165) is 0 Å². The maximum Gasteiger partial charge on any atom is 0.175 e. The second kappa shape index (κ2) is 2.26. The number of thiol groups is 2. The van der Waals surface area contributed by atoms with Gasteiger partial charge in [0.1, 0.15) is 4.08 Å². The van der Waals surface area contributed by atoms with Gasteiger partial charge in [-0.05, 0) is 6.92 Å². The van der Waals surface area contributed by atoms with Crippen LogP contribution in [-0.2, 0) is 0 Å². The fourth-order valence-electron chi connectivity index (χ4n) is 0. The first-order valence-electron chi connectivity index (χ1n) is 1.75. The molecular weight excluding hydrogens is 132 g/mol. The van der Waals surface area contributed by atoms with Crippen molar-refractivity contribution >= 4 is 25.3 Å². The Bertz CT molecular complexity index is 56.4. The molecule has 0 aliphatic rings. The molecule has 0 heterocycles. The van der Waals surface area contributed by atoms with Crippen LogP contribution in [0.15, 0.2) is 0 Å². The van der Waals surface area contributed by atoms with Gasteiger partial charge in [0.05, 0.1) is 0 Å². The summed E-state index contributed by atoms with van der Waals surface area (Å²) in [6.07, 6.45) is -1.47. The Balaban J connectivity index is 3.54. The quantitative estimate of drug-likeness (QED) is 0.303. The minimum absolute atomic E-state index is 1.00. The van der Waals surface area contributed by atoms with Crippen molar-refractivity contribution in [1.82, 2.24) is 0 Å². The van der Waals surface area contributed by atoms with Crippen LogP contribution in [-0.4, -0.2) is 20.6 Å². The summed E-state index contributed by atoms with van der Waals surface area (Å²) in [6.45, 7) is 1.49. The molecule has 0 bridgehead atoms. The van der Waals surface area contributed by atoms with Crippen LogP contribution in [0.2, 0.25) is 0 Å². The molecule has 0 aromatic carbocycles. The summed E-state index contributed by atoms with van der Waals surface area (Å²) in [5, 5.41) is 16.6. The molecule has 0 spiro atoms. The molecule has 44 valence electrons. The third kappa shape index (κ3) is 3.22. The van der Waals surface area contributed by atoms with Crippen molar-refractivity contribution in [3.8, 4) is 0 Å². The average molecular weight is 140 g/mol. The normalized spacial score (nSPS) is 12.9. The molecule has 0 atom stereocenters. The zero-order chi connectivity index (χ0) is 6.08. The Labute approximate surface area is 53.4 Å². The lowest BCUT2D eigenvalue weighted by Gasteiger charge is -2.17. The highest BCUT2D eigenvalue weighted by Gasteiger charge is 2.20. The van der Waals surface area contributed by atoms with Crippen molar-refractivity contribution in [2.45, 2.75) is 17.3 Å². The third-order valence-corrected chi connectivity index (χ3v) is 0.951. The first-order valence-corrected chi connectivity index (χ1v) is 2.65. The number of hydrogen-bond donors (Lipinski definition) is 4. The number of aliphatic hydroxyl groups is 2. The van der Waals surface area contributed by atoms with Gasteiger partial charge >= 0.3 is 0 Å². The van der Waals surface area contributed by atoms with Crippen molar-refractivity contribution < 1.29 is 10.2 Å². The third-order valence-electron chi connectivity index (χ3n) is 0.489. The van der Waals surface area contributed by atoms with E-state index in [0.29, 0.717) is 0 Å². The molecule has 0 aromatic rings. The molecule has 0 saturated carbocycles. The van der Waals surface area contributed by atoms with Crippen molar-refractivity contribution in [3.63, 3.8) is 0 Å². The molecule has 0 radical (unpaired) electrons. The molecule has 0 amide bonds. The molecule has 4 heteroatoms. The molecule has 0 saturated heterocycles. The summed E-state index contributed by atoms with van der Waals surface area (Å²) in [5.74, 6) is 0. The predicted octanol–water partition coefficient (Wildman–Crippen LogP) is -0.127. The highest BCUT2D eigenvalue weighted by Crippen LogP contribution is 2.20. The van der Waals surface area contributed by atoms with E-state index in [9.17, 15) is 0 Å². The van der Waals surface area contributed by atoms with E-state index in [4.69, 9.17) is 10.2 Å². The molecule has 0 rings (SSSR count). The predicted molar refractivity (Wildman–Crippen MR) is 34.6 cm³/mol. The minimum Gasteiger partial charge on any atom is -0.366 e. The molecule has 2 nitrogen and oxygen atoms in total. The Morgan fingerprint density at radius 3 is 1.57 bits per heavy atom. The van der Waals surface area contributed by atoms with Gasteiger partial charge in [-0.15, -0.1) is 0 Å². The Morgan fingerprint density at radius 2 is 1.57 bits per heavy atom. The smallest absolute Gasteiger partial charge is 0.175 e. The largest absolute Gasteiger partial charge is 0.366 e. The number of hydrogen-bond acceptors (Lipinski definition) is 4. The number of rotatable bonds is 1. The Hall–Kier alpha value is 0.620. The summed E-state index contributed by atoms with van der Waals surface area (Å²) in [5.41, 5.74) is 0. The van der Waals surface area contributed by atoms with Crippen LogP contribution in [0.5, 0.6) is 0 Å². The Kier molecular flexibility index (Phi) is 2.46. The van der Waals surface area contributed by atoms with E-state index >= 15 is 0 Å². The van der Waals surface area contributed by atoms with E-state index in [-0.39, 0.29) is 0 Å². The van der Waals surface area contributed by atoms with Crippen LogP contribution in [0.3, 0.4) is 0 Å². The van der Waals surface area contributed by atoms with Gasteiger partial charge in [-0.2, -0.15) is 25.3 Å². The van der Waals surface area contributed by atoms with Gasteiger partial charge in [0.25, 0.3) is 0 Å². The SMILES string of the molecule is CC(S)(S)C(O)O. The first kappa shape index (κ1) is 7.62. The van der Waals surface area contributed by atoms with E-state index in [1.807, 2.05) is 0 Å². The van der Waals surface area contributed by atoms with Gasteiger partial charge in [0, 0.05) is 0 Å². The lowest BCUT2D eigenvalue weighted by atomic mass is 10.4. The van der Waals surface area contributed by atoms with E-state index < -0.39 is 10.4 Å². The van der Waals surface area contributed by atoms with Gasteiger partial charge < -0.3 is 10.2 Å².